The average molecular weight is 159 g/mol. The summed E-state index contributed by atoms with van der Waals surface area (Å²) in [7, 11) is 0. The largest absolute Gasteiger partial charge is 0.396 e. The van der Waals surface area contributed by atoms with E-state index in [4.69, 9.17) is 10.2 Å². The van der Waals surface area contributed by atoms with Crippen molar-refractivity contribution in [2.45, 2.75) is 25.0 Å². The summed E-state index contributed by atoms with van der Waals surface area (Å²) in [6.07, 6.45) is 0.270. The summed E-state index contributed by atoms with van der Waals surface area (Å²) in [5, 5.41) is 20.4. The second-order valence-electron chi connectivity index (χ2n) is 2.79. The van der Waals surface area contributed by atoms with Gasteiger partial charge in [0.15, 0.2) is 5.78 Å². The molecule has 0 aromatic rings. The molecule has 2 unspecified atom stereocenters. The maximum absolute atomic E-state index is 11.1. The van der Waals surface area contributed by atoms with Gasteiger partial charge in [0.2, 0.25) is 0 Å². The Hall–Kier alpha value is -0.450. The van der Waals surface area contributed by atoms with Crippen molar-refractivity contribution in [2.75, 3.05) is 13.2 Å². The van der Waals surface area contributed by atoms with Crippen molar-refractivity contribution in [1.29, 1.82) is 0 Å². The zero-order valence-corrected chi connectivity index (χ0v) is 6.29. The fourth-order valence-electron chi connectivity index (χ4n) is 1.25. The fourth-order valence-corrected chi connectivity index (χ4v) is 1.25. The van der Waals surface area contributed by atoms with E-state index < -0.39 is 6.10 Å². The molecule has 0 bridgehead atoms. The van der Waals surface area contributed by atoms with Crippen LogP contribution >= 0.6 is 0 Å². The molecule has 1 fully saturated rings. The van der Waals surface area contributed by atoms with E-state index in [1.54, 1.807) is 0 Å². The second kappa shape index (κ2) is 3.80. The Labute approximate surface area is 65.2 Å². The van der Waals surface area contributed by atoms with Crippen LogP contribution in [0.1, 0.15) is 12.8 Å². The second-order valence-corrected chi connectivity index (χ2v) is 2.79. The smallest absolute Gasteiger partial charge is 0.152 e. The Balaban J connectivity index is 2.31. The lowest BCUT2D eigenvalue weighted by Gasteiger charge is -2.06. The molecule has 4 nitrogen and oxygen atoms in total. The third kappa shape index (κ3) is 2.25. The van der Waals surface area contributed by atoms with Crippen LogP contribution in [0.3, 0.4) is 0 Å². The summed E-state index contributed by atoms with van der Waals surface area (Å²) in [5.74, 6) is -0.0101. The number of β-amino-alcohol motifs (C(OH)–C–C–N with tert-alkyl or cyclic N) is 1. The number of carbonyl (C=O) groups excluding carboxylic acids is 1. The summed E-state index contributed by atoms with van der Waals surface area (Å²) in [6, 6.07) is -0.239. The third-order valence-electron chi connectivity index (χ3n) is 1.85. The Morgan fingerprint density at radius 3 is 2.82 bits per heavy atom. The highest BCUT2D eigenvalue weighted by molar-refractivity contribution is 5.84. The number of Topliss-reactive ketones (excluding diaryl/α,β-unsaturated/α-hetero) is 1. The molecular formula is C7H13NO3. The lowest BCUT2D eigenvalue weighted by molar-refractivity contribution is -0.121. The van der Waals surface area contributed by atoms with Crippen LogP contribution in [0, 0.1) is 0 Å². The van der Waals surface area contributed by atoms with Crippen LogP contribution in [0.25, 0.3) is 0 Å². The van der Waals surface area contributed by atoms with Crippen LogP contribution in [0.15, 0.2) is 0 Å². The Morgan fingerprint density at radius 1 is 1.64 bits per heavy atom. The van der Waals surface area contributed by atoms with Crippen molar-refractivity contribution in [1.82, 2.24) is 5.32 Å². The molecule has 3 N–H and O–H groups in total. The molecule has 0 aromatic heterocycles. The van der Waals surface area contributed by atoms with E-state index >= 15 is 0 Å². The summed E-state index contributed by atoms with van der Waals surface area (Å²) >= 11 is 0. The Bertz CT molecular complexity index is 149. The van der Waals surface area contributed by atoms with Gasteiger partial charge in [-0.1, -0.05) is 0 Å². The van der Waals surface area contributed by atoms with E-state index in [1.165, 1.54) is 0 Å². The van der Waals surface area contributed by atoms with E-state index in [0.29, 0.717) is 13.0 Å². The Kier molecular flexibility index (Phi) is 2.99. The number of ketones is 1. The minimum Gasteiger partial charge on any atom is -0.396 e. The highest BCUT2D eigenvalue weighted by Gasteiger charge is 2.26. The first-order valence-electron chi connectivity index (χ1n) is 3.79. The highest BCUT2D eigenvalue weighted by atomic mass is 16.3. The van der Waals surface area contributed by atoms with E-state index in [1.807, 2.05) is 0 Å². The topological polar surface area (TPSA) is 69.6 Å². The van der Waals surface area contributed by atoms with Crippen LogP contribution < -0.4 is 5.32 Å². The SMILES string of the molecule is O=C(CCO)C1CC(O)CN1. The van der Waals surface area contributed by atoms with Crippen LogP contribution in [0.5, 0.6) is 0 Å². The average Bonchev–Trinajstić information content (AvgIpc) is 2.36. The van der Waals surface area contributed by atoms with Gasteiger partial charge in [-0.05, 0) is 6.42 Å². The lowest BCUT2D eigenvalue weighted by Crippen LogP contribution is -2.31. The molecule has 11 heavy (non-hydrogen) atoms. The van der Waals surface area contributed by atoms with Gasteiger partial charge in [0.1, 0.15) is 0 Å². The van der Waals surface area contributed by atoms with Crippen molar-refractivity contribution < 1.29 is 15.0 Å². The number of aliphatic hydroxyl groups excluding tert-OH is 2. The van der Waals surface area contributed by atoms with E-state index in [-0.39, 0.29) is 24.9 Å². The number of rotatable bonds is 3. The molecule has 4 heteroatoms. The van der Waals surface area contributed by atoms with Crippen LogP contribution in [0.4, 0.5) is 0 Å². The minimum atomic E-state index is -0.400. The predicted molar refractivity (Wildman–Crippen MR) is 39.1 cm³/mol. The molecule has 0 spiro atoms. The van der Waals surface area contributed by atoms with Gasteiger partial charge in [0.05, 0.1) is 18.8 Å². The molecule has 64 valence electrons. The molecule has 0 saturated carbocycles. The van der Waals surface area contributed by atoms with Crippen molar-refractivity contribution in [3.8, 4) is 0 Å². The molecule has 0 aliphatic carbocycles. The summed E-state index contributed by atoms with van der Waals surface area (Å²) in [4.78, 5) is 11.1. The van der Waals surface area contributed by atoms with E-state index in [2.05, 4.69) is 5.32 Å². The third-order valence-corrected chi connectivity index (χ3v) is 1.85. The fraction of sp³-hybridized carbons (Fsp3) is 0.857. The zero-order valence-electron chi connectivity index (χ0n) is 6.29. The van der Waals surface area contributed by atoms with Crippen molar-refractivity contribution in [3.63, 3.8) is 0 Å². The first-order valence-corrected chi connectivity index (χ1v) is 3.79. The van der Waals surface area contributed by atoms with Gasteiger partial charge in [-0.15, -0.1) is 0 Å². The molecule has 0 aromatic carbocycles. The first-order chi connectivity index (χ1) is 5.24. The van der Waals surface area contributed by atoms with E-state index in [0.717, 1.165) is 0 Å². The van der Waals surface area contributed by atoms with Gasteiger partial charge in [0.25, 0.3) is 0 Å². The zero-order chi connectivity index (χ0) is 8.27. The molecule has 1 aliphatic heterocycles. The van der Waals surface area contributed by atoms with Gasteiger partial charge < -0.3 is 15.5 Å². The molecule has 1 aliphatic rings. The standard InChI is InChI=1S/C7H13NO3/c9-2-1-7(11)6-3-5(10)4-8-6/h5-6,8-10H,1-4H2. The maximum Gasteiger partial charge on any atom is 0.152 e. The number of nitrogens with one attached hydrogen (secondary N) is 1. The molecule has 0 radical (unpaired) electrons. The molecule has 2 atom stereocenters. The summed E-state index contributed by atoms with van der Waals surface area (Å²) < 4.78 is 0. The maximum atomic E-state index is 11.1. The van der Waals surface area contributed by atoms with E-state index in [9.17, 15) is 4.79 Å². The molecule has 0 amide bonds. The van der Waals surface area contributed by atoms with Crippen molar-refractivity contribution >= 4 is 5.78 Å². The monoisotopic (exact) mass is 159 g/mol. The minimum absolute atomic E-state index is 0.0101. The quantitative estimate of drug-likeness (QED) is 0.477. The van der Waals surface area contributed by atoms with Crippen LogP contribution in [-0.4, -0.2) is 41.3 Å². The van der Waals surface area contributed by atoms with Gasteiger partial charge >= 0.3 is 0 Å². The summed E-state index contributed by atoms with van der Waals surface area (Å²) in [6.45, 7) is 0.384. The summed E-state index contributed by atoms with van der Waals surface area (Å²) in [5.41, 5.74) is 0. The molecule has 1 rings (SSSR count). The predicted octanol–water partition coefficient (Wildman–Crippen LogP) is -1.34. The van der Waals surface area contributed by atoms with Crippen molar-refractivity contribution in [3.05, 3.63) is 0 Å². The van der Waals surface area contributed by atoms with Crippen LogP contribution in [-0.2, 0) is 4.79 Å². The molecular weight excluding hydrogens is 146 g/mol. The van der Waals surface area contributed by atoms with Crippen LogP contribution in [0.2, 0.25) is 0 Å². The Morgan fingerprint density at radius 2 is 2.36 bits per heavy atom. The first kappa shape index (κ1) is 8.64. The van der Waals surface area contributed by atoms with Gasteiger partial charge in [-0.2, -0.15) is 0 Å². The molecule has 1 saturated heterocycles. The highest BCUT2D eigenvalue weighted by Crippen LogP contribution is 2.08. The van der Waals surface area contributed by atoms with Gasteiger partial charge in [-0.3, -0.25) is 4.79 Å². The lowest BCUT2D eigenvalue weighted by atomic mass is 10.1. The van der Waals surface area contributed by atoms with Gasteiger partial charge in [-0.25, -0.2) is 0 Å². The number of aliphatic hydroxyl groups is 2. The normalized spacial score (nSPS) is 30.7. The van der Waals surface area contributed by atoms with Crippen molar-refractivity contribution in [2.24, 2.45) is 0 Å². The number of hydrogen-bond acceptors (Lipinski definition) is 4. The number of hydrogen-bond donors (Lipinski definition) is 3. The number of carbonyl (C=O) groups is 1. The molecule has 1 heterocycles. The van der Waals surface area contributed by atoms with Gasteiger partial charge in [0, 0.05) is 13.0 Å².